The van der Waals surface area contributed by atoms with Gasteiger partial charge in [-0.15, -0.1) is 0 Å². The molecule has 0 bridgehead atoms. The summed E-state index contributed by atoms with van der Waals surface area (Å²) >= 11 is 0. The average molecular weight is 266 g/mol. The average Bonchev–Trinajstić information content (AvgIpc) is 3.13. The van der Waals surface area contributed by atoms with E-state index >= 15 is 0 Å². The van der Waals surface area contributed by atoms with Crippen LogP contribution in [0.25, 0.3) is 0 Å². The Bertz CT molecular complexity index is 459. The summed E-state index contributed by atoms with van der Waals surface area (Å²) in [6.07, 6.45) is 3.74. The van der Waals surface area contributed by atoms with E-state index in [1.807, 2.05) is 6.92 Å². The van der Waals surface area contributed by atoms with E-state index in [1.165, 1.54) is 25.0 Å². The summed E-state index contributed by atoms with van der Waals surface area (Å²) in [5.74, 6) is -0.713. The van der Waals surface area contributed by atoms with Gasteiger partial charge in [0, 0.05) is 36.8 Å². The molecule has 104 valence electrons. The van der Waals surface area contributed by atoms with Gasteiger partial charge in [-0.05, 0) is 44.4 Å². The number of halogens is 2. The maximum Gasteiger partial charge on any atom is 0.128 e. The number of nitrogens with zero attached hydrogens (tertiary/aromatic N) is 1. The van der Waals surface area contributed by atoms with E-state index in [9.17, 15) is 8.78 Å². The van der Waals surface area contributed by atoms with Crippen molar-refractivity contribution in [2.45, 2.75) is 44.3 Å². The topological polar surface area (TPSA) is 15.3 Å². The molecule has 19 heavy (non-hydrogen) atoms. The summed E-state index contributed by atoms with van der Waals surface area (Å²) in [6, 6.07) is 4.68. The van der Waals surface area contributed by atoms with Crippen LogP contribution < -0.4 is 5.32 Å². The van der Waals surface area contributed by atoms with Gasteiger partial charge < -0.3 is 5.32 Å². The predicted molar refractivity (Wildman–Crippen MR) is 70.9 cm³/mol. The second-order valence-electron chi connectivity index (χ2n) is 5.77. The van der Waals surface area contributed by atoms with Crippen LogP contribution in [0.2, 0.25) is 0 Å². The Morgan fingerprint density at radius 2 is 2.05 bits per heavy atom. The molecule has 0 spiro atoms. The first-order chi connectivity index (χ1) is 9.13. The molecule has 0 radical (unpaired) electrons. The fourth-order valence-corrected chi connectivity index (χ4v) is 2.98. The van der Waals surface area contributed by atoms with Crippen molar-refractivity contribution in [2.24, 2.45) is 0 Å². The fourth-order valence-electron chi connectivity index (χ4n) is 2.98. The first-order valence-corrected chi connectivity index (χ1v) is 7.08. The summed E-state index contributed by atoms with van der Waals surface area (Å²) in [7, 11) is 0. The SMILES string of the molecule is CC(NC1CCN(C2CC2)C1)c1cc(F)ccc1F. The molecule has 4 heteroatoms. The van der Waals surface area contributed by atoms with E-state index in [2.05, 4.69) is 10.2 Å². The van der Waals surface area contributed by atoms with Crippen molar-refractivity contribution in [3.63, 3.8) is 0 Å². The molecule has 2 unspecified atom stereocenters. The summed E-state index contributed by atoms with van der Waals surface area (Å²) in [6.45, 7) is 4.06. The molecule has 1 aromatic rings. The van der Waals surface area contributed by atoms with Crippen LogP contribution in [0.15, 0.2) is 18.2 Å². The van der Waals surface area contributed by atoms with Crippen molar-refractivity contribution in [1.29, 1.82) is 0 Å². The standard InChI is InChI=1S/C15H20F2N2/c1-10(14-8-11(16)2-5-15(14)17)18-12-6-7-19(9-12)13-3-4-13/h2,5,8,10,12-13,18H,3-4,6-7,9H2,1H3. The van der Waals surface area contributed by atoms with Crippen LogP contribution in [0.3, 0.4) is 0 Å². The molecular weight excluding hydrogens is 246 g/mol. The van der Waals surface area contributed by atoms with Crippen LogP contribution in [0, 0.1) is 11.6 Å². The van der Waals surface area contributed by atoms with E-state index < -0.39 is 0 Å². The van der Waals surface area contributed by atoms with Gasteiger partial charge in [0.1, 0.15) is 11.6 Å². The summed E-state index contributed by atoms with van der Waals surface area (Å²) in [4.78, 5) is 2.51. The van der Waals surface area contributed by atoms with E-state index in [4.69, 9.17) is 0 Å². The van der Waals surface area contributed by atoms with Gasteiger partial charge in [0.2, 0.25) is 0 Å². The van der Waals surface area contributed by atoms with E-state index in [0.29, 0.717) is 11.6 Å². The monoisotopic (exact) mass is 266 g/mol. The minimum Gasteiger partial charge on any atom is -0.306 e. The fraction of sp³-hybridized carbons (Fsp3) is 0.600. The van der Waals surface area contributed by atoms with E-state index in [0.717, 1.165) is 31.6 Å². The molecule has 1 N–H and O–H groups in total. The minimum absolute atomic E-state index is 0.153. The third-order valence-corrected chi connectivity index (χ3v) is 4.19. The Labute approximate surface area is 112 Å². The number of hydrogen-bond donors (Lipinski definition) is 1. The number of nitrogens with one attached hydrogen (secondary N) is 1. The van der Waals surface area contributed by atoms with Crippen molar-refractivity contribution < 1.29 is 8.78 Å². The van der Waals surface area contributed by atoms with Gasteiger partial charge >= 0.3 is 0 Å². The van der Waals surface area contributed by atoms with E-state index in [1.54, 1.807) is 0 Å². The van der Waals surface area contributed by atoms with Gasteiger partial charge in [0.25, 0.3) is 0 Å². The van der Waals surface area contributed by atoms with Gasteiger partial charge in [0.05, 0.1) is 0 Å². The van der Waals surface area contributed by atoms with Crippen molar-refractivity contribution in [2.75, 3.05) is 13.1 Å². The molecule has 1 aromatic carbocycles. The van der Waals surface area contributed by atoms with Crippen molar-refractivity contribution in [1.82, 2.24) is 10.2 Å². The molecule has 1 heterocycles. The second kappa shape index (κ2) is 5.17. The van der Waals surface area contributed by atoms with Crippen LogP contribution in [0.4, 0.5) is 8.78 Å². The zero-order valence-corrected chi connectivity index (χ0v) is 11.2. The van der Waals surface area contributed by atoms with Crippen molar-refractivity contribution in [3.8, 4) is 0 Å². The molecule has 1 saturated heterocycles. The molecule has 1 saturated carbocycles. The second-order valence-corrected chi connectivity index (χ2v) is 5.77. The first-order valence-electron chi connectivity index (χ1n) is 7.08. The Kier molecular flexibility index (Phi) is 3.54. The minimum atomic E-state index is -0.379. The van der Waals surface area contributed by atoms with Crippen LogP contribution >= 0.6 is 0 Å². The molecule has 2 aliphatic rings. The lowest BCUT2D eigenvalue weighted by Crippen LogP contribution is -2.35. The normalized spacial score (nSPS) is 25.7. The number of hydrogen-bond acceptors (Lipinski definition) is 2. The maximum absolute atomic E-state index is 13.7. The lowest BCUT2D eigenvalue weighted by atomic mass is 10.1. The Balaban J connectivity index is 1.61. The van der Waals surface area contributed by atoms with Gasteiger partial charge in [-0.25, -0.2) is 8.78 Å². The Hall–Kier alpha value is -1.00. The molecular formula is C15H20F2N2. The molecule has 0 aromatic heterocycles. The summed E-state index contributed by atoms with van der Waals surface area (Å²) in [5, 5.41) is 3.43. The molecule has 0 amide bonds. The van der Waals surface area contributed by atoms with Gasteiger partial charge in [-0.2, -0.15) is 0 Å². The molecule has 1 aliphatic carbocycles. The zero-order chi connectivity index (χ0) is 13.4. The van der Waals surface area contributed by atoms with E-state index in [-0.39, 0.29) is 17.7 Å². The van der Waals surface area contributed by atoms with Crippen LogP contribution in [-0.2, 0) is 0 Å². The van der Waals surface area contributed by atoms with Crippen molar-refractivity contribution >= 4 is 0 Å². The highest BCUT2D eigenvalue weighted by Crippen LogP contribution is 2.30. The van der Waals surface area contributed by atoms with Crippen LogP contribution in [0.1, 0.15) is 37.8 Å². The van der Waals surface area contributed by atoms with Gasteiger partial charge in [-0.1, -0.05) is 0 Å². The maximum atomic E-state index is 13.7. The highest BCUT2D eigenvalue weighted by molar-refractivity contribution is 5.22. The zero-order valence-electron chi connectivity index (χ0n) is 11.2. The Morgan fingerprint density at radius 1 is 1.26 bits per heavy atom. The number of rotatable bonds is 4. The molecule has 2 nitrogen and oxygen atoms in total. The smallest absolute Gasteiger partial charge is 0.128 e. The Morgan fingerprint density at radius 3 is 2.79 bits per heavy atom. The third kappa shape index (κ3) is 2.95. The molecule has 1 aliphatic heterocycles. The van der Waals surface area contributed by atoms with Crippen molar-refractivity contribution in [3.05, 3.63) is 35.4 Å². The first kappa shape index (κ1) is 13.0. The summed E-state index contributed by atoms with van der Waals surface area (Å²) in [5.41, 5.74) is 0.421. The van der Waals surface area contributed by atoms with Crippen LogP contribution in [-0.4, -0.2) is 30.1 Å². The number of likely N-dealkylation sites (tertiary alicyclic amines) is 1. The molecule has 2 atom stereocenters. The molecule has 2 fully saturated rings. The van der Waals surface area contributed by atoms with Crippen LogP contribution in [0.5, 0.6) is 0 Å². The highest BCUT2D eigenvalue weighted by atomic mass is 19.1. The predicted octanol–water partition coefficient (Wildman–Crippen LogP) is 2.85. The van der Waals surface area contributed by atoms with Gasteiger partial charge in [0.15, 0.2) is 0 Å². The quantitative estimate of drug-likeness (QED) is 0.901. The highest BCUT2D eigenvalue weighted by Gasteiger charge is 2.34. The molecule has 3 rings (SSSR count). The lowest BCUT2D eigenvalue weighted by Gasteiger charge is -2.21. The summed E-state index contributed by atoms with van der Waals surface area (Å²) < 4.78 is 26.9. The number of benzene rings is 1. The lowest BCUT2D eigenvalue weighted by molar-refractivity contribution is 0.313. The van der Waals surface area contributed by atoms with Gasteiger partial charge in [-0.3, -0.25) is 4.90 Å². The third-order valence-electron chi connectivity index (χ3n) is 4.19. The largest absolute Gasteiger partial charge is 0.306 e.